The highest BCUT2D eigenvalue weighted by atomic mass is 32.2. The van der Waals surface area contributed by atoms with E-state index in [9.17, 15) is 9.59 Å². The zero-order valence-electron chi connectivity index (χ0n) is 19.5. The van der Waals surface area contributed by atoms with Gasteiger partial charge in [0.05, 0.1) is 11.7 Å². The lowest BCUT2D eigenvalue weighted by molar-refractivity contribution is -0.115. The number of aryl methyl sites for hydroxylation is 1. The van der Waals surface area contributed by atoms with Gasteiger partial charge < -0.3 is 4.43 Å². The first kappa shape index (κ1) is 26.6. The molecule has 0 aliphatic rings. The van der Waals surface area contributed by atoms with Gasteiger partial charge in [-0.2, -0.15) is 0 Å². The molecule has 0 aromatic heterocycles. The van der Waals surface area contributed by atoms with Crippen molar-refractivity contribution in [1.29, 1.82) is 0 Å². The Labute approximate surface area is 188 Å². The van der Waals surface area contributed by atoms with E-state index in [-0.39, 0.29) is 22.6 Å². The van der Waals surface area contributed by atoms with Gasteiger partial charge in [0.2, 0.25) is 5.12 Å². The summed E-state index contributed by atoms with van der Waals surface area (Å²) in [6.07, 6.45) is 5.10. The van der Waals surface area contributed by atoms with Crippen LogP contribution in [0.1, 0.15) is 53.5 Å². The average Bonchev–Trinajstić information content (AvgIpc) is 2.76. The predicted molar refractivity (Wildman–Crippen MR) is 132 cm³/mol. The fourth-order valence-electron chi connectivity index (χ4n) is 3.51. The van der Waals surface area contributed by atoms with Crippen LogP contribution in [0.15, 0.2) is 53.6 Å². The Morgan fingerprint density at radius 3 is 2.20 bits per heavy atom. The quantitative estimate of drug-likeness (QED) is 0.145. The fourth-order valence-corrected chi connectivity index (χ4v) is 6.95. The second-order valence-corrected chi connectivity index (χ2v) is 13.6. The zero-order chi connectivity index (χ0) is 22.6. The maximum absolute atomic E-state index is 13.1. The number of thioether (sulfide) groups is 1. The molecule has 0 saturated heterocycles. The fraction of sp³-hybridized carbons (Fsp3) is 0.520. The summed E-state index contributed by atoms with van der Waals surface area (Å²) in [5.74, 6) is 0.466. The van der Waals surface area contributed by atoms with Gasteiger partial charge in [-0.25, -0.2) is 0 Å². The Bertz CT molecular complexity index is 728. The first-order valence-corrected chi connectivity index (χ1v) is 14.7. The monoisotopic (exact) mass is 446 g/mol. The molecule has 0 aliphatic carbocycles. The first-order valence-electron chi connectivity index (χ1n) is 11.1. The molecule has 166 valence electrons. The minimum Gasteiger partial charge on any atom is -0.411 e. The molecule has 0 unspecified atom stereocenters. The molecule has 1 aromatic rings. The van der Waals surface area contributed by atoms with E-state index in [0.29, 0.717) is 11.3 Å². The predicted octanol–water partition coefficient (Wildman–Crippen LogP) is 6.75. The van der Waals surface area contributed by atoms with Crippen LogP contribution in [0.5, 0.6) is 0 Å². The number of carbonyl (C=O) groups is 2. The second-order valence-electron chi connectivity index (χ2n) is 7.61. The lowest BCUT2D eigenvalue weighted by atomic mass is 10.0. The summed E-state index contributed by atoms with van der Waals surface area (Å²) in [6.45, 7) is 12.2. The Morgan fingerprint density at radius 2 is 1.67 bits per heavy atom. The van der Waals surface area contributed by atoms with E-state index in [0.717, 1.165) is 31.0 Å². The van der Waals surface area contributed by atoms with Crippen LogP contribution >= 0.6 is 11.8 Å². The number of benzene rings is 1. The van der Waals surface area contributed by atoms with E-state index >= 15 is 0 Å². The summed E-state index contributed by atoms with van der Waals surface area (Å²) in [7, 11) is -1.81. The van der Waals surface area contributed by atoms with Crippen molar-refractivity contribution >= 4 is 31.0 Å². The number of Topliss-reactive ketones (excluding diaryl/α,β-unsaturated/α-hetero) is 1. The van der Waals surface area contributed by atoms with E-state index in [2.05, 4.69) is 32.9 Å². The molecule has 1 aromatic carbocycles. The zero-order valence-corrected chi connectivity index (χ0v) is 21.3. The van der Waals surface area contributed by atoms with Crippen LogP contribution in [0.25, 0.3) is 0 Å². The molecule has 0 amide bonds. The topological polar surface area (TPSA) is 43.4 Å². The van der Waals surface area contributed by atoms with Gasteiger partial charge in [-0.1, -0.05) is 75.9 Å². The molecule has 0 radical (unpaired) electrons. The average molecular weight is 447 g/mol. The van der Waals surface area contributed by atoms with Crippen LogP contribution in [0, 0.1) is 0 Å². The van der Waals surface area contributed by atoms with Crippen molar-refractivity contribution < 1.29 is 14.0 Å². The molecule has 0 saturated carbocycles. The highest BCUT2D eigenvalue weighted by molar-refractivity contribution is 8.14. The molecule has 0 bridgehead atoms. The van der Waals surface area contributed by atoms with Gasteiger partial charge in [0, 0.05) is 0 Å². The number of ketones is 1. The maximum atomic E-state index is 13.1. The summed E-state index contributed by atoms with van der Waals surface area (Å²) in [6, 6.07) is 13.3. The third-order valence-corrected chi connectivity index (χ3v) is 11.1. The van der Waals surface area contributed by atoms with Gasteiger partial charge >= 0.3 is 0 Å². The van der Waals surface area contributed by atoms with Crippen LogP contribution in [0.2, 0.25) is 18.1 Å². The molecule has 0 aliphatic heterocycles. The molecule has 30 heavy (non-hydrogen) atoms. The smallest absolute Gasteiger partial charge is 0.223 e. The Morgan fingerprint density at radius 1 is 1.07 bits per heavy atom. The summed E-state index contributed by atoms with van der Waals surface area (Å²) >= 11 is 1.18. The van der Waals surface area contributed by atoms with Crippen LogP contribution in [-0.2, 0) is 20.4 Å². The second kappa shape index (κ2) is 13.8. The number of allylic oxidation sites excluding steroid dienone is 2. The molecule has 1 atom stereocenters. The third kappa shape index (κ3) is 8.36. The molecule has 1 rings (SSSR count). The molecule has 5 heteroatoms. The molecule has 0 spiro atoms. The standard InChI is InChI=1S/C25H38O3SSi/c1-7-29-25(27)23(19-21(6)28-30(8-2,9-3)10-4)24(26)20(5)15-14-18-22-16-12-11-13-17-22/h11-13,15-17,19,21H,7-10,14,18H2,1-6H3/b20-15+,23-19+/t21-/m0/s1. The van der Waals surface area contributed by atoms with Crippen LogP contribution in [-0.4, -0.2) is 31.1 Å². The Kier molecular flexibility index (Phi) is 12.2. The number of hydrogen-bond donors (Lipinski definition) is 0. The molecular weight excluding hydrogens is 408 g/mol. The molecule has 0 fully saturated rings. The van der Waals surface area contributed by atoms with Gasteiger partial charge in [-0.15, -0.1) is 0 Å². The van der Waals surface area contributed by atoms with Gasteiger partial charge in [0.15, 0.2) is 14.1 Å². The number of hydrogen-bond acceptors (Lipinski definition) is 4. The third-order valence-electron chi connectivity index (χ3n) is 5.59. The van der Waals surface area contributed by atoms with Crippen LogP contribution in [0.4, 0.5) is 0 Å². The van der Waals surface area contributed by atoms with Crippen molar-refractivity contribution in [3.05, 3.63) is 59.2 Å². The van der Waals surface area contributed by atoms with E-state index in [1.807, 2.05) is 38.1 Å². The van der Waals surface area contributed by atoms with Crippen molar-refractivity contribution in [2.75, 3.05) is 5.75 Å². The lowest BCUT2D eigenvalue weighted by Crippen LogP contribution is -2.38. The number of carbonyl (C=O) groups excluding carboxylic acids is 2. The summed E-state index contributed by atoms with van der Waals surface area (Å²) in [5.41, 5.74) is 2.12. The molecular formula is C25H38O3SSi. The van der Waals surface area contributed by atoms with Crippen molar-refractivity contribution in [3.63, 3.8) is 0 Å². The van der Waals surface area contributed by atoms with Crippen molar-refractivity contribution in [2.24, 2.45) is 0 Å². The Hall–Kier alpha value is -1.43. The molecule has 0 heterocycles. The first-order chi connectivity index (χ1) is 14.3. The van der Waals surface area contributed by atoms with Gasteiger partial charge in [-0.05, 0) is 67.8 Å². The Balaban J connectivity index is 2.99. The van der Waals surface area contributed by atoms with Crippen LogP contribution < -0.4 is 0 Å². The number of rotatable bonds is 13. The van der Waals surface area contributed by atoms with Crippen molar-refractivity contribution in [2.45, 2.75) is 78.6 Å². The summed E-state index contributed by atoms with van der Waals surface area (Å²) in [4.78, 5) is 25.8. The van der Waals surface area contributed by atoms with E-state index < -0.39 is 8.32 Å². The summed E-state index contributed by atoms with van der Waals surface area (Å²) < 4.78 is 6.44. The van der Waals surface area contributed by atoms with Crippen LogP contribution in [0.3, 0.4) is 0 Å². The highest BCUT2D eigenvalue weighted by Gasteiger charge is 2.31. The maximum Gasteiger partial charge on any atom is 0.223 e. The van der Waals surface area contributed by atoms with Gasteiger partial charge in [0.1, 0.15) is 0 Å². The van der Waals surface area contributed by atoms with Gasteiger partial charge in [0.25, 0.3) is 0 Å². The largest absolute Gasteiger partial charge is 0.411 e. The molecule has 3 nitrogen and oxygen atoms in total. The lowest BCUT2D eigenvalue weighted by Gasteiger charge is -2.30. The normalized spacial score (nSPS) is 13.9. The van der Waals surface area contributed by atoms with Gasteiger partial charge in [-0.3, -0.25) is 9.59 Å². The van der Waals surface area contributed by atoms with Crippen molar-refractivity contribution in [3.8, 4) is 0 Å². The SMILES string of the molecule is CCSC(=O)/C(=C/[C@H](C)O[Si](CC)(CC)CC)C(=O)/C(C)=C/CCc1ccccc1. The van der Waals surface area contributed by atoms with Crippen molar-refractivity contribution in [1.82, 2.24) is 0 Å². The van der Waals surface area contributed by atoms with E-state index in [1.54, 1.807) is 13.0 Å². The van der Waals surface area contributed by atoms with E-state index in [1.165, 1.54) is 17.3 Å². The van der Waals surface area contributed by atoms with E-state index in [4.69, 9.17) is 4.43 Å². The summed E-state index contributed by atoms with van der Waals surface area (Å²) in [5, 5.41) is -0.162. The molecule has 0 N–H and O–H groups in total. The minimum atomic E-state index is -1.81. The minimum absolute atomic E-state index is 0.162. The highest BCUT2D eigenvalue weighted by Crippen LogP contribution is 2.25.